The molecule has 3 unspecified atom stereocenters. The van der Waals surface area contributed by atoms with Crippen molar-refractivity contribution in [3.63, 3.8) is 0 Å². The number of aromatic nitrogens is 1. The zero-order valence-electron chi connectivity index (χ0n) is 13.5. The third-order valence-corrected chi connectivity index (χ3v) is 5.36. The van der Waals surface area contributed by atoms with Gasteiger partial charge in [0.2, 0.25) is 5.91 Å². The van der Waals surface area contributed by atoms with Crippen LogP contribution in [0.5, 0.6) is 0 Å². The second-order valence-electron chi connectivity index (χ2n) is 6.92. The van der Waals surface area contributed by atoms with Gasteiger partial charge in [0.15, 0.2) is 0 Å². The highest BCUT2D eigenvalue weighted by Crippen LogP contribution is 2.44. The highest BCUT2D eigenvalue weighted by Gasteiger charge is 2.45. The molecule has 1 aliphatic carbocycles. The van der Waals surface area contributed by atoms with Gasteiger partial charge < -0.3 is 11.1 Å². The molecular formula is C17H27N3O. The van der Waals surface area contributed by atoms with Crippen LogP contribution in [0.2, 0.25) is 0 Å². The molecule has 1 fully saturated rings. The van der Waals surface area contributed by atoms with E-state index in [0.29, 0.717) is 5.92 Å². The van der Waals surface area contributed by atoms with E-state index in [1.165, 1.54) is 0 Å². The van der Waals surface area contributed by atoms with Crippen molar-refractivity contribution in [2.75, 3.05) is 0 Å². The SMILES string of the molecule is CC1C(N)CCC(C(=O)N[C@H](C)c2cccnc2)C1(C)C. The summed E-state index contributed by atoms with van der Waals surface area (Å²) in [6.45, 7) is 8.49. The van der Waals surface area contributed by atoms with E-state index in [1.54, 1.807) is 12.4 Å². The number of carbonyl (C=O) groups excluding carboxylic acids is 1. The highest BCUT2D eigenvalue weighted by atomic mass is 16.2. The van der Waals surface area contributed by atoms with Crippen molar-refractivity contribution < 1.29 is 4.79 Å². The molecule has 1 heterocycles. The summed E-state index contributed by atoms with van der Waals surface area (Å²) in [5.41, 5.74) is 7.13. The molecule has 0 saturated heterocycles. The molecule has 0 aliphatic heterocycles. The minimum atomic E-state index is -0.0730. The summed E-state index contributed by atoms with van der Waals surface area (Å²) in [5.74, 6) is 0.497. The molecule has 1 saturated carbocycles. The summed E-state index contributed by atoms with van der Waals surface area (Å²) >= 11 is 0. The Morgan fingerprint density at radius 1 is 1.48 bits per heavy atom. The Balaban J connectivity index is 2.06. The largest absolute Gasteiger partial charge is 0.349 e. The van der Waals surface area contributed by atoms with Gasteiger partial charge in [0, 0.05) is 24.4 Å². The van der Waals surface area contributed by atoms with Crippen LogP contribution in [0.15, 0.2) is 24.5 Å². The third-order valence-electron chi connectivity index (χ3n) is 5.36. The molecule has 116 valence electrons. The van der Waals surface area contributed by atoms with Crippen molar-refractivity contribution in [1.82, 2.24) is 10.3 Å². The van der Waals surface area contributed by atoms with Gasteiger partial charge in [0.25, 0.3) is 0 Å². The Bertz CT molecular complexity index is 486. The number of rotatable bonds is 3. The lowest BCUT2D eigenvalue weighted by Crippen LogP contribution is -2.51. The predicted octanol–water partition coefficient (Wildman–Crippen LogP) is 2.66. The topological polar surface area (TPSA) is 68.0 Å². The molecule has 0 bridgehead atoms. The van der Waals surface area contributed by atoms with E-state index in [1.807, 2.05) is 19.1 Å². The number of nitrogens with one attached hydrogen (secondary N) is 1. The zero-order chi connectivity index (χ0) is 15.6. The van der Waals surface area contributed by atoms with Gasteiger partial charge in [-0.3, -0.25) is 9.78 Å². The summed E-state index contributed by atoms with van der Waals surface area (Å²) in [4.78, 5) is 16.8. The van der Waals surface area contributed by atoms with Crippen LogP contribution in [0.4, 0.5) is 0 Å². The third kappa shape index (κ3) is 3.26. The van der Waals surface area contributed by atoms with Gasteiger partial charge in [0.1, 0.15) is 0 Å². The van der Waals surface area contributed by atoms with E-state index >= 15 is 0 Å². The van der Waals surface area contributed by atoms with Crippen LogP contribution in [0.1, 0.15) is 52.1 Å². The smallest absolute Gasteiger partial charge is 0.224 e. The number of carbonyl (C=O) groups is 1. The molecule has 1 aliphatic rings. The molecule has 0 aromatic carbocycles. The van der Waals surface area contributed by atoms with E-state index < -0.39 is 0 Å². The second kappa shape index (κ2) is 6.14. The van der Waals surface area contributed by atoms with Crippen molar-refractivity contribution >= 4 is 5.91 Å². The van der Waals surface area contributed by atoms with Gasteiger partial charge in [-0.2, -0.15) is 0 Å². The van der Waals surface area contributed by atoms with Crippen LogP contribution in [0.3, 0.4) is 0 Å². The van der Waals surface area contributed by atoms with E-state index in [-0.39, 0.29) is 29.3 Å². The van der Waals surface area contributed by atoms with E-state index in [2.05, 4.69) is 31.1 Å². The number of amides is 1. The molecule has 0 spiro atoms. The maximum atomic E-state index is 12.7. The van der Waals surface area contributed by atoms with Crippen LogP contribution in [-0.4, -0.2) is 16.9 Å². The van der Waals surface area contributed by atoms with Crippen LogP contribution in [0, 0.1) is 17.3 Å². The molecule has 0 radical (unpaired) electrons. The average Bonchev–Trinajstić information content (AvgIpc) is 2.45. The number of hydrogen-bond donors (Lipinski definition) is 2. The van der Waals surface area contributed by atoms with Gasteiger partial charge in [-0.05, 0) is 42.7 Å². The van der Waals surface area contributed by atoms with E-state index in [9.17, 15) is 4.79 Å². The van der Waals surface area contributed by atoms with Crippen molar-refractivity contribution in [1.29, 1.82) is 0 Å². The molecule has 21 heavy (non-hydrogen) atoms. The fourth-order valence-corrected chi connectivity index (χ4v) is 3.35. The second-order valence-corrected chi connectivity index (χ2v) is 6.92. The number of nitrogens with zero attached hydrogens (tertiary/aromatic N) is 1. The van der Waals surface area contributed by atoms with Gasteiger partial charge in [-0.25, -0.2) is 0 Å². The first-order chi connectivity index (χ1) is 9.84. The molecular weight excluding hydrogens is 262 g/mol. The summed E-state index contributed by atoms with van der Waals surface area (Å²) < 4.78 is 0. The van der Waals surface area contributed by atoms with Crippen molar-refractivity contribution in [2.24, 2.45) is 23.0 Å². The number of hydrogen-bond acceptors (Lipinski definition) is 3. The molecule has 4 atom stereocenters. The summed E-state index contributed by atoms with van der Waals surface area (Å²) in [5, 5.41) is 3.14. The Labute approximate surface area is 127 Å². The average molecular weight is 289 g/mol. The van der Waals surface area contributed by atoms with Crippen molar-refractivity contribution in [2.45, 2.75) is 52.6 Å². The lowest BCUT2D eigenvalue weighted by molar-refractivity contribution is -0.133. The Morgan fingerprint density at radius 2 is 2.19 bits per heavy atom. The van der Waals surface area contributed by atoms with Crippen LogP contribution < -0.4 is 11.1 Å². The van der Waals surface area contributed by atoms with Crippen molar-refractivity contribution in [3.8, 4) is 0 Å². The lowest BCUT2D eigenvalue weighted by atomic mass is 9.61. The first-order valence-electron chi connectivity index (χ1n) is 7.80. The monoisotopic (exact) mass is 289 g/mol. The van der Waals surface area contributed by atoms with Gasteiger partial charge in [0.05, 0.1) is 6.04 Å². The van der Waals surface area contributed by atoms with Crippen LogP contribution >= 0.6 is 0 Å². The van der Waals surface area contributed by atoms with Crippen molar-refractivity contribution in [3.05, 3.63) is 30.1 Å². The maximum absolute atomic E-state index is 12.7. The Hall–Kier alpha value is -1.42. The molecule has 1 aromatic heterocycles. The first-order valence-corrected chi connectivity index (χ1v) is 7.80. The zero-order valence-corrected chi connectivity index (χ0v) is 13.5. The van der Waals surface area contributed by atoms with E-state index in [0.717, 1.165) is 18.4 Å². The molecule has 1 amide bonds. The molecule has 2 rings (SSSR count). The summed E-state index contributed by atoms with van der Waals surface area (Å²) in [7, 11) is 0. The molecule has 4 nitrogen and oxygen atoms in total. The van der Waals surface area contributed by atoms with Gasteiger partial charge in [-0.15, -0.1) is 0 Å². The maximum Gasteiger partial charge on any atom is 0.224 e. The van der Waals surface area contributed by atoms with E-state index in [4.69, 9.17) is 5.73 Å². The Morgan fingerprint density at radius 3 is 2.81 bits per heavy atom. The van der Waals surface area contributed by atoms with Crippen LogP contribution in [-0.2, 0) is 4.79 Å². The fourth-order valence-electron chi connectivity index (χ4n) is 3.35. The number of pyridine rings is 1. The lowest BCUT2D eigenvalue weighted by Gasteiger charge is -2.46. The first kappa shape index (κ1) is 16.0. The molecule has 4 heteroatoms. The molecule has 1 aromatic rings. The molecule has 3 N–H and O–H groups in total. The van der Waals surface area contributed by atoms with Crippen LogP contribution in [0.25, 0.3) is 0 Å². The minimum Gasteiger partial charge on any atom is -0.349 e. The summed E-state index contributed by atoms with van der Waals surface area (Å²) in [6, 6.07) is 4.05. The normalized spacial score (nSPS) is 29.7. The Kier molecular flexibility index (Phi) is 4.67. The van der Waals surface area contributed by atoms with Gasteiger partial charge in [-0.1, -0.05) is 26.8 Å². The predicted molar refractivity (Wildman–Crippen MR) is 84.4 cm³/mol. The quantitative estimate of drug-likeness (QED) is 0.899. The minimum absolute atomic E-state index is 0.0198. The highest BCUT2D eigenvalue weighted by molar-refractivity contribution is 5.80. The standard InChI is InChI=1S/C17H27N3O/c1-11-15(18)8-7-14(17(11,3)4)16(21)20-12(2)13-6-5-9-19-10-13/h5-6,9-12,14-15H,7-8,18H2,1-4H3,(H,20,21)/t11?,12-,14?,15?/m1/s1. The number of nitrogens with two attached hydrogens (primary N) is 1. The summed E-state index contributed by atoms with van der Waals surface area (Å²) in [6.07, 6.45) is 5.33. The van der Waals surface area contributed by atoms with Gasteiger partial charge >= 0.3 is 0 Å². The fraction of sp³-hybridized carbons (Fsp3) is 0.647.